The van der Waals surface area contributed by atoms with E-state index in [0.29, 0.717) is 0 Å². The van der Waals surface area contributed by atoms with E-state index in [1.54, 1.807) is 0 Å². The Balaban J connectivity index is 3.40. The number of carbonyl (C=O) groups excluding carboxylic acids is 1. The van der Waals surface area contributed by atoms with Gasteiger partial charge in [-0.05, 0) is 6.92 Å². The molecule has 0 bridgehead atoms. The first kappa shape index (κ1) is 13.6. The Bertz CT molecular complexity index is 473. The van der Waals surface area contributed by atoms with Crippen molar-refractivity contribution in [3.63, 3.8) is 0 Å². The summed E-state index contributed by atoms with van der Waals surface area (Å²) in [6, 6.07) is 0. The number of esters is 1. The number of ether oxygens (including phenoxy) is 1. The number of hydrogen-bond donors (Lipinski definition) is 1. The van der Waals surface area contributed by atoms with Gasteiger partial charge in [0.1, 0.15) is 11.3 Å². The zero-order chi connectivity index (χ0) is 13.0. The van der Waals surface area contributed by atoms with Crippen molar-refractivity contribution in [1.29, 1.82) is 0 Å². The second-order valence-electron chi connectivity index (χ2n) is 3.09. The number of H-pyrrole nitrogens is 1. The Morgan fingerprint density at radius 1 is 1.59 bits per heavy atom. The minimum absolute atomic E-state index is 0.00788. The van der Waals surface area contributed by atoms with Gasteiger partial charge in [0.05, 0.1) is 12.5 Å². The Hall–Kier alpha value is -1.43. The van der Waals surface area contributed by atoms with E-state index in [1.165, 1.54) is 6.92 Å². The molecule has 0 aromatic carbocycles. The van der Waals surface area contributed by atoms with E-state index >= 15 is 0 Å². The summed E-state index contributed by atoms with van der Waals surface area (Å²) in [5.41, 5.74) is -2.21. The highest BCUT2D eigenvalue weighted by Gasteiger charge is 2.24. The summed E-state index contributed by atoms with van der Waals surface area (Å²) in [5, 5.41) is 0. The number of halogens is 3. The highest BCUT2D eigenvalue weighted by Crippen LogP contribution is 2.19. The molecule has 0 aliphatic carbocycles. The Morgan fingerprint density at radius 2 is 2.24 bits per heavy atom. The van der Waals surface area contributed by atoms with Gasteiger partial charge in [0, 0.05) is 11.8 Å². The number of rotatable bonds is 4. The molecule has 0 atom stereocenters. The van der Waals surface area contributed by atoms with Crippen LogP contribution < -0.4 is 5.43 Å². The molecule has 0 aliphatic rings. The second kappa shape index (κ2) is 5.77. The van der Waals surface area contributed by atoms with Crippen LogP contribution in [0.3, 0.4) is 0 Å². The smallest absolute Gasteiger partial charge is 0.344 e. The Morgan fingerprint density at radius 3 is 2.71 bits per heavy atom. The van der Waals surface area contributed by atoms with Gasteiger partial charge in [-0.3, -0.25) is 4.79 Å². The van der Waals surface area contributed by atoms with Gasteiger partial charge in [-0.15, -0.1) is 11.6 Å². The highest BCUT2D eigenvalue weighted by atomic mass is 35.5. The summed E-state index contributed by atoms with van der Waals surface area (Å²) >= 11 is 5.46. The molecule has 7 heteroatoms. The van der Waals surface area contributed by atoms with Crippen molar-refractivity contribution in [3.05, 3.63) is 33.2 Å². The van der Waals surface area contributed by atoms with Crippen LogP contribution in [0.15, 0.2) is 11.0 Å². The van der Waals surface area contributed by atoms with Crippen molar-refractivity contribution in [2.45, 2.75) is 19.2 Å². The standard InChI is InChI=1S/C10H10ClF2NO3/c1-2-17-10(16)6-7(9(12)13)14-4-5(3-11)8(6)15/h4,9H,2-3H2,1H3,(H,14,15). The monoisotopic (exact) mass is 265 g/mol. The number of nitrogens with one attached hydrogen (secondary N) is 1. The van der Waals surface area contributed by atoms with Crippen LogP contribution in [0, 0.1) is 0 Å². The number of alkyl halides is 3. The third-order valence-corrected chi connectivity index (χ3v) is 2.32. The van der Waals surface area contributed by atoms with Crippen molar-refractivity contribution in [1.82, 2.24) is 4.98 Å². The number of aromatic nitrogens is 1. The number of pyridine rings is 1. The van der Waals surface area contributed by atoms with Crippen molar-refractivity contribution in [2.24, 2.45) is 0 Å². The lowest BCUT2D eigenvalue weighted by molar-refractivity contribution is 0.0511. The molecule has 0 aliphatic heterocycles. The number of aromatic amines is 1. The third-order valence-electron chi connectivity index (χ3n) is 2.03. The molecule has 1 heterocycles. The molecule has 0 saturated carbocycles. The van der Waals surface area contributed by atoms with E-state index in [0.717, 1.165) is 6.20 Å². The van der Waals surface area contributed by atoms with E-state index < -0.39 is 29.1 Å². The SMILES string of the molecule is CCOC(=O)c1c(C(F)F)[nH]cc(CCl)c1=O. The predicted octanol–water partition coefficient (Wildman–Crippen LogP) is 2.23. The highest BCUT2D eigenvalue weighted by molar-refractivity contribution is 6.17. The van der Waals surface area contributed by atoms with Crippen LogP contribution in [0.4, 0.5) is 8.78 Å². The van der Waals surface area contributed by atoms with E-state index in [2.05, 4.69) is 9.72 Å². The van der Waals surface area contributed by atoms with Crippen molar-refractivity contribution in [3.8, 4) is 0 Å². The fourth-order valence-corrected chi connectivity index (χ4v) is 1.46. The fraction of sp³-hybridized carbons (Fsp3) is 0.400. The van der Waals surface area contributed by atoms with Crippen LogP contribution in [-0.2, 0) is 10.6 Å². The maximum absolute atomic E-state index is 12.6. The van der Waals surface area contributed by atoms with Gasteiger partial charge in [-0.25, -0.2) is 13.6 Å². The molecule has 1 rings (SSSR count). The van der Waals surface area contributed by atoms with Gasteiger partial charge < -0.3 is 9.72 Å². The summed E-state index contributed by atoms with van der Waals surface area (Å²) in [7, 11) is 0. The summed E-state index contributed by atoms with van der Waals surface area (Å²) in [6.07, 6.45) is -1.90. The number of hydrogen-bond acceptors (Lipinski definition) is 3. The van der Waals surface area contributed by atoms with Crippen LogP contribution in [-0.4, -0.2) is 17.6 Å². The molecule has 0 fully saturated rings. The summed E-state index contributed by atoms with van der Waals surface area (Å²) in [6.45, 7) is 1.51. The normalized spacial score (nSPS) is 10.6. The van der Waals surface area contributed by atoms with Gasteiger partial charge in [0.25, 0.3) is 6.43 Å². The molecule has 1 aromatic rings. The molecule has 0 saturated heterocycles. The van der Waals surface area contributed by atoms with Crippen molar-refractivity contribution < 1.29 is 18.3 Å². The second-order valence-corrected chi connectivity index (χ2v) is 3.35. The maximum Gasteiger partial charge on any atom is 0.344 e. The maximum atomic E-state index is 12.6. The van der Waals surface area contributed by atoms with E-state index in [9.17, 15) is 18.4 Å². The lowest BCUT2D eigenvalue weighted by atomic mass is 10.1. The summed E-state index contributed by atoms with van der Waals surface area (Å²) in [5.74, 6) is -1.25. The van der Waals surface area contributed by atoms with E-state index in [-0.39, 0.29) is 18.1 Å². The van der Waals surface area contributed by atoms with Crippen LogP contribution in [0.25, 0.3) is 0 Å². The topological polar surface area (TPSA) is 59.2 Å². The zero-order valence-electron chi connectivity index (χ0n) is 8.93. The first-order chi connectivity index (χ1) is 8.02. The molecule has 17 heavy (non-hydrogen) atoms. The van der Waals surface area contributed by atoms with Crippen molar-refractivity contribution >= 4 is 17.6 Å². The molecule has 94 valence electrons. The molecule has 0 unspecified atom stereocenters. The van der Waals surface area contributed by atoms with Crippen LogP contribution in [0.5, 0.6) is 0 Å². The fourth-order valence-electron chi connectivity index (χ4n) is 1.26. The van der Waals surface area contributed by atoms with Crippen LogP contribution in [0.1, 0.15) is 35.0 Å². The molecular weight excluding hydrogens is 256 g/mol. The third kappa shape index (κ3) is 2.82. The van der Waals surface area contributed by atoms with Gasteiger partial charge in [-0.2, -0.15) is 0 Å². The Kier molecular flexibility index (Phi) is 4.62. The minimum atomic E-state index is -2.97. The lowest BCUT2D eigenvalue weighted by Crippen LogP contribution is -2.24. The minimum Gasteiger partial charge on any atom is -0.462 e. The van der Waals surface area contributed by atoms with E-state index in [4.69, 9.17) is 11.6 Å². The Labute approximate surface area is 101 Å². The van der Waals surface area contributed by atoms with E-state index in [1.807, 2.05) is 0 Å². The van der Waals surface area contributed by atoms with Crippen LogP contribution >= 0.6 is 11.6 Å². The van der Waals surface area contributed by atoms with Gasteiger partial charge in [-0.1, -0.05) is 0 Å². The van der Waals surface area contributed by atoms with Crippen molar-refractivity contribution in [2.75, 3.05) is 6.61 Å². The lowest BCUT2D eigenvalue weighted by Gasteiger charge is -2.08. The van der Waals surface area contributed by atoms with Gasteiger partial charge >= 0.3 is 5.97 Å². The van der Waals surface area contributed by atoms with Gasteiger partial charge in [0.15, 0.2) is 0 Å². The molecule has 0 amide bonds. The molecule has 1 aromatic heterocycles. The summed E-state index contributed by atoms with van der Waals surface area (Å²) in [4.78, 5) is 25.3. The molecule has 0 radical (unpaired) electrons. The zero-order valence-corrected chi connectivity index (χ0v) is 9.68. The van der Waals surface area contributed by atoms with Crippen LogP contribution in [0.2, 0.25) is 0 Å². The quantitative estimate of drug-likeness (QED) is 0.671. The average Bonchev–Trinajstić information content (AvgIpc) is 2.28. The molecule has 1 N–H and O–H groups in total. The average molecular weight is 266 g/mol. The summed E-state index contributed by atoms with van der Waals surface area (Å²) < 4.78 is 29.8. The molecular formula is C10H10ClF2NO3. The number of carbonyl (C=O) groups is 1. The molecule has 4 nitrogen and oxygen atoms in total. The largest absolute Gasteiger partial charge is 0.462 e. The predicted molar refractivity (Wildman–Crippen MR) is 57.5 cm³/mol. The van der Waals surface area contributed by atoms with Gasteiger partial charge in [0.2, 0.25) is 5.43 Å². The first-order valence-corrected chi connectivity index (χ1v) is 5.32. The molecule has 0 spiro atoms. The first-order valence-electron chi connectivity index (χ1n) is 4.78.